The molecule has 2 heteroatoms. The average Bonchev–Trinajstić information content (AvgIpc) is 2.80. The van der Waals surface area contributed by atoms with Crippen LogP contribution in [0, 0.1) is 17.2 Å². The van der Waals surface area contributed by atoms with E-state index in [0.29, 0.717) is 12.0 Å². The summed E-state index contributed by atoms with van der Waals surface area (Å²) in [6.07, 6.45) is 10.5. The topological polar surface area (TPSA) is 27.1 Å². The molecule has 0 aromatic carbocycles. The van der Waals surface area contributed by atoms with Crippen molar-refractivity contribution in [1.29, 1.82) is 5.41 Å². The Balaban J connectivity index is 1.89. The van der Waals surface area contributed by atoms with Gasteiger partial charge in [0, 0.05) is 19.0 Å². The maximum Gasteiger partial charge on any atom is 0.0989 e. The molecular weight excluding hydrogens is 196 g/mol. The third kappa shape index (κ3) is 2.58. The average molecular weight is 222 g/mol. The minimum Gasteiger partial charge on any atom is -0.360 e. The van der Waals surface area contributed by atoms with Crippen LogP contribution >= 0.6 is 0 Å². The number of hydrogen-bond acceptors (Lipinski definition) is 1. The van der Waals surface area contributed by atoms with Crippen LogP contribution in [-0.2, 0) is 0 Å². The molecule has 0 bridgehead atoms. The third-order valence-corrected chi connectivity index (χ3v) is 4.58. The molecule has 16 heavy (non-hydrogen) atoms. The molecule has 0 radical (unpaired) electrons. The molecule has 0 saturated heterocycles. The Hall–Kier alpha value is -0.530. The molecule has 0 aromatic heterocycles. The molecule has 2 fully saturated rings. The first-order valence-corrected chi connectivity index (χ1v) is 6.99. The fourth-order valence-electron chi connectivity index (χ4n) is 3.44. The zero-order chi connectivity index (χ0) is 11.5. The van der Waals surface area contributed by atoms with E-state index in [0.717, 1.165) is 11.8 Å². The highest BCUT2D eigenvalue weighted by Crippen LogP contribution is 2.31. The van der Waals surface area contributed by atoms with Gasteiger partial charge < -0.3 is 4.90 Å². The van der Waals surface area contributed by atoms with E-state index in [1.807, 2.05) is 0 Å². The second kappa shape index (κ2) is 5.20. The summed E-state index contributed by atoms with van der Waals surface area (Å²) in [6.45, 7) is 2.36. The van der Waals surface area contributed by atoms with Crippen molar-refractivity contribution < 1.29 is 0 Å². The van der Waals surface area contributed by atoms with Crippen molar-refractivity contribution >= 4 is 5.84 Å². The summed E-state index contributed by atoms with van der Waals surface area (Å²) in [6, 6.07) is 0.650. The highest BCUT2D eigenvalue weighted by atomic mass is 15.2. The van der Waals surface area contributed by atoms with Gasteiger partial charge in [-0.3, -0.25) is 5.41 Å². The maximum absolute atomic E-state index is 8.32. The monoisotopic (exact) mass is 222 g/mol. The van der Waals surface area contributed by atoms with Crippen molar-refractivity contribution in [3.8, 4) is 0 Å². The van der Waals surface area contributed by atoms with Gasteiger partial charge in [0.15, 0.2) is 0 Å². The Morgan fingerprint density at radius 2 is 1.75 bits per heavy atom. The second-order valence-corrected chi connectivity index (χ2v) is 5.90. The molecule has 2 atom stereocenters. The lowest BCUT2D eigenvalue weighted by atomic mass is 9.86. The molecule has 2 aliphatic rings. The standard InChI is InChI=1S/C14H26N2/c1-11-6-5-9-13(10-11)16(2)14(15)12-7-3-4-8-12/h11-13,15H,3-10H2,1-2H3. The zero-order valence-corrected chi connectivity index (χ0v) is 10.8. The maximum atomic E-state index is 8.32. The van der Waals surface area contributed by atoms with E-state index in [-0.39, 0.29) is 0 Å². The molecule has 2 saturated carbocycles. The van der Waals surface area contributed by atoms with Crippen molar-refractivity contribution in [3.63, 3.8) is 0 Å². The Bertz CT molecular complexity index is 243. The van der Waals surface area contributed by atoms with Crippen molar-refractivity contribution in [1.82, 2.24) is 4.90 Å². The van der Waals surface area contributed by atoms with Crippen LogP contribution < -0.4 is 0 Å². The van der Waals surface area contributed by atoms with Crippen molar-refractivity contribution in [2.45, 2.75) is 64.3 Å². The van der Waals surface area contributed by atoms with E-state index in [9.17, 15) is 0 Å². The summed E-state index contributed by atoms with van der Waals surface area (Å²) >= 11 is 0. The first-order valence-electron chi connectivity index (χ1n) is 6.99. The summed E-state index contributed by atoms with van der Waals surface area (Å²) in [7, 11) is 2.16. The molecule has 0 spiro atoms. The second-order valence-electron chi connectivity index (χ2n) is 5.90. The van der Waals surface area contributed by atoms with Gasteiger partial charge in [0.05, 0.1) is 5.84 Å². The Kier molecular flexibility index (Phi) is 3.88. The number of nitrogens with zero attached hydrogens (tertiary/aromatic N) is 1. The van der Waals surface area contributed by atoms with Crippen LogP contribution in [0.15, 0.2) is 0 Å². The van der Waals surface area contributed by atoms with Crippen LogP contribution in [0.4, 0.5) is 0 Å². The number of amidine groups is 1. The van der Waals surface area contributed by atoms with Crippen molar-refractivity contribution in [3.05, 3.63) is 0 Å². The Morgan fingerprint density at radius 1 is 1.06 bits per heavy atom. The van der Waals surface area contributed by atoms with Gasteiger partial charge in [-0.15, -0.1) is 0 Å². The molecule has 0 amide bonds. The number of hydrogen-bond donors (Lipinski definition) is 1. The van der Waals surface area contributed by atoms with Gasteiger partial charge in [0.25, 0.3) is 0 Å². The molecule has 2 unspecified atom stereocenters. The lowest BCUT2D eigenvalue weighted by Gasteiger charge is -2.37. The predicted molar refractivity (Wildman–Crippen MR) is 68.9 cm³/mol. The van der Waals surface area contributed by atoms with Crippen LogP contribution in [0.3, 0.4) is 0 Å². The van der Waals surface area contributed by atoms with Gasteiger partial charge in [-0.1, -0.05) is 32.6 Å². The fourth-order valence-corrected chi connectivity index (χ4v) is 3.44. The fraction of sp³-hybridized carbons (Fsp3) is 0.929. The minimum atomic E-state index is 0.572. The molecule has 1 N–H and O–H groups in total. The summed E-state index contributed by atoms with van der Waals surface area (Å²) in [4.78, 5) is 2.30. The lowest BCUT2D eigenvalue weighted by molar-refractivity contribution is 0.224. The van der Waals surface area contributed by atoms with Gasteiger partial charge in [-0.05, 0) is 31.6 Å². The van der Waals surface area contributed by atoms with Crippen LogP contribution in [0.25, 0.3) is 0 Å². The molecular formula is C14H26N2. The predicted octanol–water partition coefficient (Wildman–Crippen LogP) is 3.66. The molecule has 2 rings (SSSR count). The third-order valence-electron chi connectivity index (χ3n) is 4.58. The van der Waals surface area contributed by atoms with Crippen LogP contribution in [-0.4, -0.2) is 23.8 Å². The molecule has 0 aliphatic heterocycles. The zero-order valence-electron chi connectivity index (χ0n) is 10.8. The molecule has 92 valence electrons. The van der Waals surface area contributed by atoms with E-state index in [1.54, 1.807) is 0 Å². The molecule has 2 aliphatic carbocycles. The van der Waals surface area contributed by atoms with E-state index in [2.05, 4.69) is 18.9 Å². The summed E-state index contributed by atoms with van der Waals surface area (Å²) in [5.41, 5.74) is 0. The first-order chi connectivity index (χ1) is 7.68. The Morgan fingerprint density at radius 3 is 2.38 bits per heavy atom. The van der Waals surface area contributed by atoms with Gasteiger partial charge >= 0.3 is 0 Å². The van der Waals surface area contributed by atoms with Crippen LogP contribution in [0.2, 0.25) is 0 Å². The van der Waals surface area contributed by atoms with E-state index in [4.69, 9.17) is 5.41 Å². The highest BCUT2D eigenvalue weighted by molar-refractivity contribution is 5.81. The first kappa shape index (κ1) is 11.9. The summed E-state index contributed by atoms with van der Waals surface area (Å²) in [5, 5.41) is 8.32. The Labute approximate surface area is 99.9 Å². The van der Waals surface area contributed by atoms with Crippen LogP contribution in [0.1, 0.15) is 58.3 Å². The largest absolute Gasteiger partial charge is 0.360 e. The lowest BCUT2D eigenvalue weighted by Crippen LogP contribution is -2.42. The normalized spacial score (nSPS) is 31.6. The molecule has 0 aromatic rings. The minimum absolute atomic E-state index is 0.572. The smallest absolute Gasteiger partial charge is 0.0989 e. The van der Waals surface area contributed by atoms with E-state index in [1.165, 1.54) is 51.4 Å². The van der Waals surface area contributed by atoms with Crippen molar-refractivity contribution in [2.75, 3.05) is 7.05 Å². The molecule has 0 heterocycles. The number of nitrogens with one attached hydrogen (secondary N) is 1. The van der Waals surface area contributed by atoms with Gasteiger partial charge in [-0.2, -0.15) is 0 Å². The van der Waals surface area contributed by atoms with E-state index < -0.39 is 0 Å². The van der Waals surface area contributed by atoms with Crippen molar-refractivity contribution in [2.24, 2.45) is 11.8 Å². The molecule has 2 nitrogen and oxygen atoms in total. The van der Waals surface area contributed by atoms with E-state index >= 15 is 0 Å². The quantitative estimate of drug-likeness (QED) is 0.560. The van der Waals surface area contributed by atoms with Gasteiger partial charge in [0.2, 0.25) is 0 Å². The van der Waals surface area contributed by atoms with Crippen LogP contribution in [0.5, 0.6) is 0 Å². The van der Waals surface area contributed by atoms with Gasteiger partial charge in [0.1, 0.15) is 0 Å². The summed E-state index contributed by atoms with van der Waals surface area (Å²) in [5.74, 6) is 2.36. The number of rotatable bonds is 2. The highest BCUT2D eigenvalue weighted by Gasteiger charge is 2.28. The summed E-state index contributed by atoms with van der Waals surface area (Å²) < 4.78 is 0. The SMILES string of the molecule is CC1CCCC(N(C)C(=N)C2CCCC2)C1. The van der Waals surface area contributed by atoms with Gasteiger partial charge in [-0.25, -0.2) is 0 Å².